The molecule has 4 nitrogen and oxygen atoms in total. The van der Waals surface area contributed by atoms with E-state index in [0.717, 1.165) is 25.2 Å². The van der Waals surface area contributed by atoms with Gasteiger partial charge in [-0.05, 0) is 44.0 Å². The number of amides is 1. The van der Waals surface area contributed by atoms with Crippen molar-refractivity contribution in [1.82, 2.24) is 0 Å². The Bertz CT molecular complexity index is 435. The smallest absolute Gasteiger partial charge is 0.224 e. The summed E-state index contributed by atoms with van der Waals surface area (Å²) < 4.78 is 0. The van der Waals surface area contributed by atoms with Crippen LogP contribution in [0.15, 0.2) is 24.3 Å². The minimum atomic E-state index is 0. The van der Waals surface area contributed by atoms with Gasteiger partial charge in [-0.25, -0.2) is 0 Å². The zero-order chi connectivity index (χ0) is 14.2. The highest BCUT2D eigenvalue weighted by molar-refractivity contribution is 5.91. The van der Waals surface area contributed by atoms with Crippen molar-refractivity contribution in [3.8, 4) is 0 Å². The number of nitrogens with zero attached hydrogens (tertiary/aromatic N) is 1. The fourth-order valence-electron chi connectivity index (χ4n) is 2.60. The van der Waals surface area contributed by atoms with Crippen LogP contribution in [0.1, 0.15) is 38.5 Å². The Morgan fingerprint density at radius 1 is 1.14 bits per heavy atom. The molecule has 1 fully saturated rings. The van der Waals surface area contributed by atoms with E-state index < -0.39 is 0 Å². The molecule has 0 aromatic heterocycles. The summed E-state index contributed by atoms with van der Waals surface area (Å²) in [4.78, 5) is 14.2. The van der Waals surface area contributed by atoms with Crippen LogP contribution in [-0.4, -0.2) is 25.5 Å². The molecule has 1 aromatic carbocycles. The second-order valence-corrected chi connectivity index (χ2v) is 5.39. The van der Waals surface area contributed by atoms with Crippen LogP contribution in [0.5, 0.6) is 0 Å². The van der Waals surface area contributed by atoms with Gasteiger partial charge in [0.2, 0.25) is 5.91 Å². The molecular formula is C16H27Cl2N3O. The molecule has 1 aliphatic rings. The van der Waals surface area contributed by atoms with Crippen molar-refractivity contribution in [2.24, 2.45) is 5.73 Å². The normalized spacial score (nSPS) is 14.3. The quantitative estimate of drug-likeness (QED) is 0.855. The van der Waals surface area contributed by atoms with Crippen molar-refractivity contribution in [1.29, 1.82) is 0 Å². The number of halogens is 2. The molecular weight excluding hydrogens is 321 g/mol. The summed E-state index contributed by atoms with van der Waals surface area (Å²) in [7, 11) is 0. The molecule has 22 heavy (non-hydrogen) atoms. The van der Waals surface area contributed by atoms with Crippen molar-refractivity contribution >= 4 is 42.1 Å². The van der Waals surface area contributed by atoms with Crippen molar-refractivity contribution in [3.05, 3.63) is 24.3 Å². The lowest BCUT2D eigenvalue weighted by Gasteiger charge is -2.23. The van der Waals surface area contributed by atoms with E-state index in [9.17, 15) is 4.79 Å². The third kappa shape index (κ3) is 6.86. The van der Waals surface area contributed by atoms with Crippen LogP contribution in [-0.2, 0) is 4.79 Å². The van der Waals surface area contributed by atoms with Crippen molar-refractivity contribution in [2.45, 2.75) is 38.5 Å². The minimum Gasteiger partial charge on any atom is -0.371 e. The van der Waals surface area contributed by atoms with Gasteiger partial charge >= 0.3 is 0 Å². The molecule has 0 saturated carbocycles. The van der Waals surface area contributed by atoms with E-state index in [1.165, 1.54) is 31.4 Å². The third-order valence-electron chi connectivity index (χ3n) is 3.71. The van der Waals surface area contributed by atoms with Gasteiger partial charge in [0.1, 0.15) is 0 Å². The van der Waals surface area contributed by atoms with Crippen LogP contribution < -0.4 is 16.0 Å². The van der Waals surface area contributed by atoms with Gasteiger partial charge in [0.05, 0.1) is 0 Å². The number of anilines is 2. The van der Waals surface area contributed by atoms with Crippen LogP contribution in [0.25, 0.3) is 0 Å². The summed E-state index contributed by atoms with van der Waals surface area (Å²) in [5.41, 5.74) is 7.51. The van der Waals surface area contributed by atoms with E-state index >= 15 is 0 Å². The molecule has 126 valence electrons. The summed E-state index contributed by atoms with van der Waals surface area (Å²) in [5, 5.41) is 2.95. The Morgan fingerprint density at radius 2 is 1.82 bits per heavy atom. The largest absolute Gasteiger partial charge is 0.371 e. The lowest BCUT2D eigenvalue weighted by atomic mass is 10.2. The first-order valence-electron chi connectivity index (χ1n) is 7.64. The number of hydrogen-bond acceptors (Lipinski definition) is 3. The van der Waals surface area contributed by atoms with Crippen molar-refractivity contribution in [3.63, 3.8) is 0 Å². The molecule has 1 heterocycles. The third-order valence-corrected chi connectivity index (χ3v) is 3.71. The van der Waals surface area contributed by atoms with Crippen molar-refractivity contribution < 1.29 is 4.79 Å². The number of nitrogens with two attached hydrogens (primary N) is 1. The summed E-state index contributed by atoms with van der Waals surface area (Å²) >= 11 is 0. The minimum absolute atomic E-state index is 0. The molecule has 2 rings (SSSR count). The lowest BCUT2D eigenvalue weighted by Crippen LogP contribution is -2.24. The SMILES string of the molecule is Cl.Cl.NCCCC(=O)Nc1cccc(N2CCCCCC2)c1. The maximum Gasteiger partial charge on any atom is 0.224 e. The first-order valence-corrected chi connectivity index (χ1v) is 7.64. The first kappa shape index (κ1) is 21.0. The molecule has 0 bridgehead atoms. The second-order valence-electron chi connectivity index (χ2n) is 5.39. The molecule has 6 heteroatoms. The van der Waals surface area contributed by atoms with Gasteiger partial charge in [0.15, 0.2) is 0 Å². The van der Waals surface area contributed by atoms with Crippen LogP contribution in [0, 0.1) is 0 Å². The fraction of sp³-hybridized carbons (Fsp3) is 0.562. The number of nitrogens with one attached hydrogen (secondary N) is 1. The Morgan fingerprint density at radius 3 is 2.45 bits per heavy atom. The highest BCUT2D eigenvalue weighted by atomic mass is 35.5. The molecule has 0 spiro atoms. The molecule has 0 atom stereocenters. The van der Waals surface area contributed by atoms with E-state index in [1.54, 1.807) is 0 Å². The predicted octanol–water partition coefficient (Wildman–Crippen LogP) is 3.59. The average molecular weight is 348 g/mol. The van der Waals surface area contributed by atoms with E-state index in [0.29, 0.717) is 13.0 Å². The predicted molar refractivity (Wildman–Crippen MR) is 98.5 cm³/mol. The van der Waals surface area contributed by atoms with Gasteiger partial charge in [0.25, 0.3) is 0 Å². The molecule has 0 radical (unpaired) electrons. The molecule has 3 N–H and O–H groups in total. The Labute approximate surface area is 145 Å². The molecule has 1 aromatic rings. The Kier molecular flexibility index (Phi) is 11.1. The maximum absolute atomic E-state index is 11.7. The number of benzene rings is 1. The molecule has 1 aliphatic heterocycles. The van der Waals surface area contributed by atoms with Gasteiger partial charge in [-0.15, -0.1) is 24.8 Å². The Hall–Kier alpha value is -0.970. The van der Waals surface area contributed by atoms with Gasteiger partial charge in [-0.1, -0.05) is 18.9 Å². The van der Waals surface area contributed by atoms with E-state index in [-0.39, 0.29) is 30.7 Å². The van der Waals surface area contributed by atoms with E-state index in [1.807, 2.05) is 12.1 Å². The number of rotatable bonds is 5. The number of hydrogen-bond donors (Lipinski definition) is 2. The lowest BCUT2D eigenvalue weighted by molar-refractivity contribution is -0.116. The van der Waals surface area contributed by atoms with Crippen LogP contribution >= 0.6 is 24.8 Å². The van der Waals surface area contributed by atoms with Crippen LogP contribution in [0.3, 0.4) is 0 Å². The van der Waals surface area contributed by atoms with Gasteiger partial charge < -0.3 is 16.0 Å². The van der Waals surface area contributed by atoms with Gasteiger partial charge in [-0.2, -0.15) is 0 Å². The topological polar surface area (TPSA) is 58.4 Å². The van der Waals surface area contributed by atoms with Crippen molar-refractivity contribution in [2.75, 3.05) is 29.9 Å². The summed E-state index contributed by atoms with van der Waals surface area (Å²) in [6, 6.07) is 8.16. The van der Waals surface area contributed by atoms with Gasteiger partial charge in [-0.3, -0.25) is 4.79 Å². The molecule has 0 aliphatic carbocycles. The zero-order valence-corrected chi connectivity index (χ0v) is 14.6. The summed E-state index contributed by atoms with van der Waals surface area (Å²) in [5.74, 6) is 0.0449. The summed E-state index contributed by atoms with van der Waals surface area (Å²) in [6.45, 7) is 2.79. The monoisotopic (exact) mass is 347 g/mol. The zero-order valence-electron chi connectivity index (χ0n) is 12.9. The molecule has 0 unspecified atom stereocenters. The summed E-state index contributed by atoms with van der Waals surface area (Å²) in [6.07, 6.45) is 6.39. The van der Waals surface area contributed by atoms with Gasteiger partial charge in [0, 0.05) is 30.9 Å². The first-order chi connectivity index (χ1) is 9.79. The standard InChI is InChI=1S/C16H25N3O.2ClH/c17-10-6-9-16(20)18-14-7-5-8-15(13-14)19-11-3-1-2-4-12-19;;/h5,7-8,13H,1-4,6,9-12,17H2,(H,18,20);2*1H. The highest BCUT2D eigenvalue weighted by Crippen LogP contribution is 2.22. The van der Waals surface area contributed by atoms with E-state index in [2.05, 4.69) is 22.3 Å². The Balaban J connectivity index is 0.00000220. The van der Waals surface area contributed by atoms with Crippen LogP contribution in [0.2, 0.25) is 0 Å². The second kappa shape index (κ2) is 11.6. The molecule has 1 saturated heterocycles. The average Bonchev–Trinajstić information content (AvgIpc) is 2.74. The maximum atomic E-state index is 11.7. The number of carbonyl (C=O) groups is 1. The fourth-order valence-corrected chi connectivity index (χ4v) is 2.60. The van der Waals surface area contributed by atoms with E-state index in [4.69, 9.17) is 5.73 Å². The van der Waals surface area contributed by atoms with Crippen LogP contribution in [0.4, 0.5) is 11.4 Å². The molecule has 1 amide bonds. The number of carbonyl (C=O) groups excluding carboxylic acids is 1. The highest BCUT2D eigenvalue weighted by Gasteiger charge is 2.10.